The lowest BCUT2D eigenvalue weighted by atomic mass is 9.47. The molecule has 0 radical (unpaired) electrons. The Morgan fingerprint density at radius 2 is 1.59 bits per heavy atom. The Morgan fingerprint density at radius 3 is 2.31 bits per heavy atom. The molecular formula is C39H63NO11. The number of piperidine rings is 1. The summed E-state index contributed by atoms with van der Waals surface area (Å²) >= 11 is 0. The number of rotatable bonds is 5. The van der Waals surface area contributed by atoms with Gasteiger partial charge in [0.15, 0.2) is 12.6 Å². The maximum absolute atomic E-state index is 11.1. The molecule has 8 aliphatic rings. The molecule has 4 saturated heterocycles. The van der Waals surface area contributed by atoms with Gasteiger partial charge in [-0.05, 0) is 105 Å². The average molecular weight is 722 g/mol. The minimum absolute atomic E-state index is 0.0881. The van der Waals surface area contributed by atoms with Crippen molar-refractivity contribution in [3.8, 4) is 0 Å². The third-order valence-corrected chi connectivity index (χ3v) is 15.8. The summed E-state index contributed by atoms with van der Waals surface area (Å²) in [6.07, 6.45) is -1.11. The quantitative estimate of drug-likeness (QED) is 0.206. The van der Waals surface area contributed by atoms with Crippen molar-refractivity contribution in [3.63, 3.8) is 0 Å². The van der Waals surface area contributed by atoms with E-state index in [0.29, 0.717) is 47.0 Å². The van der Waals surface area contributed by atoms with Gasteiger partial charge in [0, 0.05) is 12.5 Å². The van der Waals surface area contributed by atoms with Crippen LogP contribution in [0, 0.1) is 46.3 Å². The molecule has 0 aromatic heterocycles. The van der Waals surface area contributed by atoms with Gasteiger partial charge in [0.05, 0.1) is 24.9 Å². The van der Waals surface area contributed by atoms with E-state index in [4.69, 9.17) is 23.7 Å². The fourth-order valence-corrected chi connectivity index (χ4v) is 12.7. The number of ether oxygens (including phenoxy) is 5. The normalized spacial score (nSPS) is 58.4. The van der Waals surface area contributed by atoms with Crippen molar-refractivity contribution in [2.75, 3.05) is 13.2 Å². The molecule has 12 heteroatoms. The predicted octanol–water partition coefficient (Wildman–Crippen LogP) is 1.96. The van der Waals surface area contributed by atoms with Crippen molar-refractivity contribution in [2.45, 2.75) is 172 Å². The average Bonchev–Trinajstić information content (AvgIpc) is 3.56. The van der Waals surface area contributed by atoms with E-state index in [-0.39, 0.29) is 17.2 Å². The Morgan fingerprint density at radius 1 is 0.843 bits per heavy atom. The van der Waals surface area contributed by atoms with Crippen molar-refractivity contribution in [1.82, 2.24) is 5.32 Å². The summed E-state index contributed by atoms with van der Waals surface area (Å²) in [6.45, 7) is 11.9. The van der Waals surface area contributed by atoms with E-state index < -0.39 is 68.0 Å². The first-order valence-corrected chi connectivity index (χ1v) is 20.0. The van der Waals surface area contributed by atoms with Crippen LogP contribution in [0.15, 0.2) is 11.6 Å². The largest absolute Gasteiger partial charge is 0.394 e. The SMILES string of the molecule is C[C@@H]1CC[C@]2(NC1)O[C@@H]1C[C@H]3[C@@H]4CC=C5C[C@@H](O[C@H]6O[C@@H](CO)[C@H](O[C@H]7O[C@@H](C)[C@H](O)[C@@H](O)[C@@H]7O)[C@@H](O)[C@@H]6O)CC[C@]5(C)[C@@H]4CC[C@@]3(C)[C@@H]1[C@H]2C. The van der Waals surface area contributed by atoms with Crippen molar-refractivity contribution in [3.05, 3.63) is 11.6 Å². The summed E-state index contributed by atoms with van der Waals surface area (Å²) < 4.78 is 30.7. The van der Waals surface area contributed by atoms with E-state index in [9.17, 15) is 30.6 Å². The van der Waals surface area contributed by atoms with E-state index in [1.807, 2.05) is 0 Å². The van der Waals surface area contributed by atoms with Crippen LogP contribution in [0.2, 0.25) is 0 Å². The molecule has 7 N–H and O–H groups in total. The van der Waals surface area contributed by atoms with Crippen LogP contribution in [0.5, 0.6) is 0 Å². The molecule has 290 valence electrons. The first-order chi connectivity index (χ1) is 24.2. The third-order valence-electron chi connectivity index (χ3n) is 15.8. The Balaban J connectivity index is 0.915. The van der Waals surface area contributed by atoms with Crippen LogP contribution >= 0.6 is 0 Å². The molecule has 7 fully saturated rings. The molecule has 0 aromatic carbocycles. The van der Waals surface area contributed by atoms with Gasteiger partial charge in [-0.1, -0.05) is 39.3 Å². The smallest absolute Gasteiger partial charge is 0.187 e. The fourth-order valence-electron chi connectivity index (χ4n) is 12.7. The second-order valence-corrected chi connectivity index (χ2v) is 18.4. The summed E-state index contributed by atoms with van der Waals surface area (Å²) in [7, 11) is 0. The summed E-state index contributed by atoms with van der Waals surface area (Å²) in [4.78, 5) is 0. The Hall–Kier alpha value is -0.740. The molecule has 21 atom stereocenters. The number of hydrogen-bond acceptors (Lipinski definition) is 12. The van der Waals surface area contributed by atoms with Crippen molar-refractivity contribution >= 4 is 0 Å². The van der Waals surface area contributed by atoms with Gasteiger partial charge in [-0.15, -0.1) is 0 Å². The topological polar surface area (TPSA) is 180 Å². The van der Waals surface area contributed by atoms with Gasteiger partial charge < -0.3 is 54.3 Å². The molecule has 4 heterocycles. The molecule has 3 saturated carbocycles. The van der Waals surface area contributed by atoms with Crippen molar-refractivity contribution in [2.24, 2.45) is 46.3 Å². The lowest BCUT2D eigenvalue weighted by Gasteiger charge is -2.59. The minimum atomic E-state index is -1.60. The van der Waals surface area contributed by atoms with Crippen LogP contribution in [0.3, 0.4) is 0 Å². The van der Waals surface area contributed by atoms with Gasteiger partial charge >= 0.3 is 0 Å². The zero-order chi connectivity index (χ0) is 36.2. The number of aliphatic hydroxyl groups excluding tert-OH is 6. The highest BCUT2D eigenvalue weighted by atomic mass is 16.7. The van der Waals surface area contributed by atoms with E-state index in [1.54, 1.807) is 0 Å². The highest BCUT2D eigenvalue weighted by Crippen LogP contribution is 2.70. The number of hydrogen-bond donors (Lipinski definition) is 7. The monoisotopic (exact) mass is 721 g/mol. The molecule has 0 amide bonds. The lowest BCUT2D eigenvalue weighted by molar-refractivity contribution is -0.360. The molecule has 51 heavy (non-hydrogen) atoms. The van der Waals surface area contributed by atoms with Crippen LogP contribution in [0.1, 0.15) is 92.4 Å². The molecule has 4 aliphatic heterocycles. The van der Waals surface area contributed by atoms with Crippen molar-refractivity contribution < 1.29 is 54.3 Å². The van der Waals surface area contributed by atoms with Crippen molar-refractivity contribution in [1.29, 1.82) is 0 Å². The van der Waals surface area contributed by atoms with Crippen LogP contribution < -0.4 is 5.32 Å². The number of nitrogens with one attached hydrogen (secondary N) is 1. The Kier molecular flexibility index (Phi) is 9.83. The molecule has 12 nitrogen and oxygen atoms in total. The molecule has 4 aliphatic carbocycles. The third kappa shape index (κ3) is 5.84. The standard InChI is InChI=1S/C39H63NO11/c1-18-8-13-39(40-16-18)19(2)28-26(51-39)15-25-23-7-6-21-14-22(9-11-37(21,4)24(23)10-12-38(25,28)5)48-36-33(46)31(44)34(27(17-41)49-36)50-35-32(45)30(43)29(42)20(3)47-35/h6,18-20,22-36,40-46H,7-17H2,1-5H3/t18-,19-,20+,22+,23-,24-,25+,26-,27+,28-,29+,30-,31+,32+,33+,34+,35-,36+,37+,38-,39+/m1/s1. The Labute approximate surface area is 302 Å². The van der Waals surface area contributed by atoms with Gasteiger partial charge in [0.2, 0.25) is 0 Å². The van der Waals surface area contributed by atoms with Gasteiger partial charge in [0.1, 0.15) is 48.5 Å². The Bertz CT molecular complexity index is 1310. The zero-order valence-corrected chi connectivity index (χ0v) is 31.0. The second-order valence-electron chi connectivity index (χ2n) is 18.4. The highest BCUT2D eigenvalue weighted by molar-refractivity contribution is 5.26. The van der Waals surface area contributed by atoms with Gasteiger partial charge in [-0.25, -0.2) is 0 Å². The maximum Gasteiger partial charge on any atom is 0.187 e. The van der Waals surface area contributed by atoms with Crippen LogP contribution in [-0.2, 0) is 23.7 Å². The summed E-state index contributed by atoms with van der Waals surface area (Å²) in [5.41, 5.74) is 1.66. The molecule has 8 rings (SSSR count). The van der Waals surface area contributed by atoms with E-state index in [2.05, 4.69) is 39.1 Å². The fraction of sp³-hybridized carbons (Fsp3) is 0.949. The van der Waals surface area contributed by atoms with Crippen LogP contribution in [0.4, 0.5) is 0 Å². The molecular weight excluding hydrogens is 658 g/mol. The summed E-state index contributed by atoms with van der Waals surface area (Å²) in [5, 5.41) is 67.0. The van der Waals surface area contributed by atoms with Gasteiger partial charge in [0.25, 0.3) is 0 Å². The number of allylic oxidation sites excluding steroid dienone is 1. The first-order valence-electron chi connectivity index (χ1n) is 20.0. The summed E-state index contributed by atoms with van der Waals surface area (Å²) in [6, 6.07) is 0. The lowest BCUT2D eigenvalue weighted by Crippen LogP contribution is -2.64. The van der Waals surface area contributed by atoms with Crippen LogP contribution in [0.25, 0.3) is 0 Å². The summed E-state index contributed by atoms with van der Waals surface area (Å²) in [5.74, 6) is 3.74. The predicted molar refractivity (Wildman–Crippen MR) is 184 cm³/mol. The molecule has 0 unspecified atom stereocenters. The van der Waals surface area contributed by atoms with E-state index >= 15 is 0 Å². The highest BCUT2D eigenvalue weighted by Gasteiger charge is 2.68. The molecule has 0 bridgehead atoms. The van der Waals surface area contributed by atoms with E-state index in [0.717, 1.165) is 38.6 Å². The van der Waals surface area contributed by atoms with Gasteiger partial charge in [-0.2, -0.15) is 0 Å². The van der Waals surface area contributed by atoms with Gasteiger partial charge in [-0.3, -0.25) is 5.32 Å². The number of aliphatic hydroxyl groups is 6. The van der Waals surface area contributed by atoms with Crippen LogP contribution in [-0.4, -0.2) is 123 Å². The second kappa shape index (κ2) is 13.5. The first kappa shape index (κ1) is 37.2. The minimum Gasteiger partial charge on any atom is -0.394 e. The zero-order valence-electron chi connectivity index (χ0n) is 31.0. The van der Waals surface area contributed by atoms with E-state index in [1.165, 1.54) is 38.2 Å². The number of fused-ring (bicyclic) bond motifs is 7. The molecule has 1 spiro atoms. The maximum atomic E-state index is 11.1. The molecule has 0 aromatic rings.